The highest BCUT2D eigenvalue weighted by Gasteiger charge is 2.69. The third-order valence-corrected chi connectivity index (χ3v) is 23.1. The number of nitrogen functional groups attached to an aromatic ring is 4. The molecule has 656 valence electrons. The summed E-state index contributed by atoms with van der Waals surface area (Å²) in [6.07, 6.45) is 1.96. The number of H-pyrrole nitrogens is 3. The third kappa shape index (κ3) is 19.5. The van der Waals surface area contributed by atoms with Gasteiger partial charge in [-0.3, -0.25) is 61.2 Å². The van der Waals surface area contributed by atoms with E-state index in [4.69, 9.17) is 100 Å². The molecule has 8 saturated heterocycles. The Kier molecular flexibility index (Phi) is 23.8. The third-order valence-electron chi connectivity index (χ3n) is 20.1. The number of hydrogen-bond donors (Lipinski definition) is 9. The number of aromatic nitrogens is 14. The first kappa shape index (κ1) is 90.6. The van der Waals surface area contributed by atoms with Gasteiger partial charge < -0.3 is 84.6 Å². The van der Waals surface area contributed by atoms with Crippen LogP contribution in [0.2, 0.25) is 0 Å². The fourth-order valence-corrected chi connectivity index (χ4v) is 20.8. The van der Waals surface area contributed by atoms with Crippen molar-refractivity contribution in [1.29, 1.82) is 0 Å². The second kappa shape index (κ2) is 31.0. The van der Waals surface area contributed by atoms with Gasteiger partial charge in [0, 0.05) is 11.8 Å². The summed E-state index contributed by atoms with van der Waals surface area (Å²) in [4.78, 5) is 107. The molecule has 0 radical (unpaired) electrons. The minimum Gasteiger partial charge on any atom is -0.383 e. The summed E-state index contributed by atoms with van der Waals surface area (Å²) in [6.45, 7) is 47.4. The molecule has 0 aromatic carbocycles. The average molecular weight is 1720 g/mol. The zero-order chi connectivity index (χ0) is 87.4. The van der Waals surface area contributed by atoms with Crippen molar-refractivity contribution in [2.45, 2.75) is 317 Å². The molecule has 15 rings (SSSR count). The number of nitrogens with two attached hydrogens (primary N) is 4. The van der Waals surface area contributed by atoms with Crippen LogP contribution in [0, 0.1) is 28.6 Å². The smallest absolute Gasteiger partial charge is 0.383 e. The van der Waals surface area contributed by atoms with E-state index >= 15 is 0 Å². The molecule has 7 aromatic rings. The van der Waals surface area contributed by atoms with Gasteiger partial charge in [0.15, 0.2) is 58.4 Å². The molecule has 0 saturated carbocycles. The normalized spacial score (nSPS) is 30.5. The number of anilines is 4. The van der Waals surface area contributed by atoms with E-state index < -0.39 is 114 Å². The lowest BCUT2D eigenvalue weighted by Gasteiger charge is -2.38. The zero-order valence-electron chi connectivity index (χ0n) is 72.1. The number of nitrogens with zero attached hydrogens (tertiary/aromatic N) is 11. The van der Waals surface area contributed by atoms with E-state index in [-0.39, 0.29) is 128 Å². The molecule has 13 N–H and O–H groups in total. The number of imidazole rings is 3. The van der Waals surface area contributed by atoms with Crippen LogP contribution < -0.4 is 45.3 Å². The van der Waals surface area contributed by atoms with Gasteiger partial charge in [0.1, 0.15) is 77.1 Å². The maximum Gasteiger partial charge on any atom is 0.473 e. The lowest BCUT2D eigenvalue weighted by molar-refractivity contribution is -0.189. The van der Waals surface area contributed by atoms with Crippen molar-refractivity contribution >= 4 is 83.5 Å². The molecule has 0 aliphatic carbocycles. The number of phosphoric ester groups is 1. The van der Waals surface area contributed by atoms with Gasteiger partial charge in [-0.25, -0.2) is 24.3 Å². The fourth-order valence-electron chi connectivity index (χ4n) is 17.2. The Hall–Kier alpha value is -6.63. The molecule has 8 aliphatic heterocycles. The molecular weight excluding hydrogens is 1590 g/mol. The summed E-state index contributed by atoms with van der Waals surface area (Å²) in [5.41, 5.74) is 17.6. The Balaban J connectivity index is 0.000000145. The average Bonchev–Trinajstić information content (AvgIpc) is 1.56. The summed E-state index contributed by atoms with van der Waals surface area (Å²) < 4.78 is 105. The number of ether oxygens (including phenoxy) is 10. The first-order valence-corrected chi connectivity index (χ1v) is 43.5. The lowest BCUT2D eigenvalue weighted by Crippen LogP contribution is -2.47. The number of hydrogen-bond acceptors (Lipinski definition) is 31. The molecule has 0 spiro atoms. The van der Waals surface area contributed by atoms with Crippen molar-refractivity contribution in [2.75, 3.05) is 49.4 Å². The predicted molar refractivity (Wildman–Crippen MR) is 439 cm³/mol. The van der Waals surface area contributed by atoms with Crippen molar-refractivity contribution in [2.24, 2.45) is 21.7 Å². The summed E-state index contributed by atoms with van der Waals surface area (Å²) in [5, 5.41) is 0. The highest BCUT2D eigenvalue weighted by molar-refractivity contribution is 8.07. The van der Waals surface area contributed by atoms with Gasteiger partial charge in [-0.05, 0) is 149 Å². The SMILES string of the molecule is CC(C)(C)C[C@]12CO[C@@H](C1OC(C)(C)C)[C@H](n1cnc3c(=O)[nH]c(N)nc31)O2.CC(C)(C)C[C@]12CO[C@@H](C1OP(=O)(O)OC(C)(C)C)[C@H](n1cnc3c(=O)[nH]c(N)nc31)O2.CC(C)(C)C[C@]12CO[C@@H](C1OP(O)(=S)OC(C)(C)C)[C@H](n1cnc3c(=O)[nH]c(N)nc31)O2.Cc1cn([C@@H]2O[C@@]3(CC(C)(C)C)CO[C@H]2C3OC(C)(C)C)c(=O)nc1N. The van der Waals surface area contributed by atoms with Gasteiger partial charge in [-0.1, -0.05) is 83.1 Å². The number of aromatic amines is 3. The Morgan fingerprint density at radius 1 is 0.449 bits per heavy atom. The van der Waals surface area contributed by atoms with Gasteiger partial charge in [0.25, 0.3) is 16.7 Å². The maximum atomic E-state index is 12.8. The van der Waals surface area contributed by atoms with Crippen LogP contribution in [0.15, 0.2) is 44.4 Å². The van der Waals surface area contributed by atoms with E-state index in [2.05, 4.69) is 112 Å². The molecule has 7 aromatic heterocycles. The quantitative estimate of drug-likeness (QED) is 0.0408. The van der Waals surface area contributed by atoms with Gasteiger partial charge in [0.2, 0.25) is 17.8 Å². The topological polar surface area (TPSA) is 516 Å². The Morgan fingerprint density at radius 3 is 1.03 bits per heavy atom. The first-order chi connectivity index (χ1) is 53.9. The Labute approximate surface area is 688 Å². The molecule has 18 atom stereocenters. The summed E-state index contributed by atoms with van der Waals surface area (Å²) in [7, 11) is -4.45. The molecule has 15 heterocycles. The van der Waals surface area contributed by atoms with E-state index in [1.807, 2.05) is 69.2 Å². The second-order valence-electron chi connectivity index (χ2n) is 40.9. The predicted octanol–water partition coefficient (Wildman–Crippen LogP) is 8.73. The largest absolute Gasteiger partial charge is 0.473 e. The molecule has 0 amide bonds. The maximum absolute atomic E-state index is 12.8. The minimum atomic E-state index is -4.45. The number of aryl methyl sites for hydroxylation is 1. The monoisotopic (exact) mass is 1710 g/mol. The lowest BCUT2D eigenvalue weighted by atomic mass is 9.80. The van der Waals surface area contributed by atoms with Crippen LogP contribution in [0.3, 0.4) is 0 Å². The van der Waals surface area contributed by atoms with Crippen molar-refractivity contribution < 1.29 is 79.8 Å². The summed E-state index contributed by atoms with van der Waals surface area (Å²) >= 11 is 5.32. The van der Waals surface area contributed by atoms with Crippen LogP contribution in [0.4, 0.5) is 23.7 Å². The van der Waals surface area contributed by atoms with E-state index in [9.17, 15) is 33.5 Å². The second-order valence-corrected chi connectivity index (χ2v) is 44.9. The number of rotatable bonds is 16. The van der Waals surface area contributed by atoms with E-state index in [0.29, 0.717) is 31.7 Å². The standard InChI is InChI=1S/C19H30N5O7P.C19H30N5O6PS.C19H29N5O4.C19H31N3O4/c1-17(2,3)7-19-8-28-11(12(19)30-32(26,27)31-18(4,5)6)15(29-19)24-9-21-10-13(24)22-16(20)23-14(10)25;1-17(2,3)7-19-8-27-11(12(19)29-31(26,32)30-18(4,5)6)15(28-19)24-9-21-10-13(24)22-16(20)23-14(10)25;1-17(2,3)7-19-8-26-11(12(19)27-18(4,5)6)15(28-19)24-9-21-10-13(24)22-16(20)23-14(10)25;1-11-8-22(16(23)21-14(11)20)15-12-13(25-18(5,6)7)19(26-15,10-24-12)9-17(2,3)4/h9,11-12,15H,7-8H2,1-6H3,(H,26,27)(H3,20,22,23,25);9,11-12,15H,7-8H2,1-6H3,(H,26,32)(H3,20,22,23,25);9,11-12,15H,7-8H2,1-6H3,(H3,20,22,23,25);8,12-13,15H,9-10H2,1-7H3,(H2,20,21,23)/t11-,12?,15+,19-;11-,12?,15+,19-,31?;11-,12?,15+,19-;12-,13?,15+,19-/m0000/s1. The van der Waals surface area contributed by atoms with Crippen LogP contribution >= 0.6 is 14.5 Å². The summed E-state index contributed by atoms with van der Waals surface area (Å²) in [5.74, 6) is 0.177. The summed E-state index contributed by atoms with van der Waals surface area (Å²) in [6, 6.07) is 0. The minimum absolute atomic E-state index is 0.0173. The number of phosphoric acid groups is 1. The molecule has 6 unspecified atom stereocenters. The molecule has 42 heteroatoms. The van der Waals surface area contributed by atoms with Gasteiger partial charge in [-0.15, -0.1) is 0 Å². The van der Waals surface area contributed by atoms with Crippen LogP contribution in [0.1, 0.15) is 222 Å². The Bertz CT molecular complexity index is 5070. The van der Waals surface area contributed by atoms with Crippen LogP contribution in [-0.4, -0.2) is 198 Å². The van der Waals surface area contributed by atoms with E-state index in [0.717, 1.165) is 18.4 Å². The van der Waals surface area contributed by atoms with Crippen molar-refractivity contribution in [3.63, 3.8) is 0 Å². The molecule has 118 heavy (non-hydrogen) atoms. The van der Waals surface area contributed by atoms with Crippen LogP contribution in [0.5, 0.6) is 0 Å². The van der Waals surface area contributed by atoms with Crippen molar-refractivity contribution in [1.82, 2.24) is 68.1 Å². The molecule has 8 bridgehead atoms. The highest BCUT2D eigenvalue weighted by atomic mass is 32.5. The molecular formula is C76H120N18O21P2S. The van der Waals surface area contributed by atoms with Gasteiger partial charge >= 0.3 is 20.2 Å². The Morgan fingerprint density at radius 2 is 0.737 bits per heavy atom. The fraction of sp³-hybridized carbons (Fsp3) is 0.750. The zero-order valence-corrected chi connectivity index (χ0v) is 74.7. The first-order valence-electron chi connectivity index (χ1n) is 39.4. The molecule has 8 aliphatic rings. The molecule has 39 nitrogen and oxygen atoms in total. The van der Waals surface area contributed by atoms with Crippen molar-refractivity contribution in [3.8, 4) is 0 Å². The van der Waals surface area contributed by atoms with Crippen LogP contribution in [0.25, 0.3) is 33.5 Å². The molecule has 8 fully saturated rings. The highest BCUT2D eigenvalue weighted by Crippen LogP contribution is 2.62. The van der Waals surface area contributed by atoms with E-state index in [1.165, 1.54) is 17.2 Å². The number of nitrogens with one attached hydrogen (secondary N) is 3. The van der Waals surface area contributed by atoms with Gasteiger partial charge in [0.05, 0.1) is 67.8 Å². The number of fused-ring (bicyclic) bond motifs is 11. The van der Waals surface area contributed by atoms with Crippen LogP contribution in [-0.2, 0) is 81.8 Å². The van der Waals surface area contributed by atoms with Gasteiger partial charge in [-0.2, -0.15) is 19.9 Å². The van der Waals surface area contributed by atoms with Crippen molar-refractivity contribution in [3.05, 3.63) is 72.3 Å². The van der Waals surface area contributed by atoms with E-state index in [1.54, 1.807) is 67.8 Å².